The minimum atomic E-state index is -1.05. The van der Waals surface area contributed by atoms with E-state index in [1.54, 1.807) is 7.11 Å². The molecule has 0 fully saturated rings. The van der Waals surface area contributed by atoms with Crippen molar-refractivity contribution in [3.05, 3.63) is 24.3 Å². The normalized spacial score (nSPS) is 15.4. The molecular formula is C13H21NO2S. The van der Waals surface area contributed by atoms with Crippen LogP contribution in [0.3, 0.4) is 0 Å². The number of hydrogen-bond donors (Lipinski definition) is 1. The Morgan fingerprint density at radius 3 is 2.24 bits per heavy atom. The third kappa shape index (κ3) is 4.13. The summed E-state index contributed by atoms with van der Waals surface area (Å²) in [5, 5.41) is 0. The monoisotopic (exact) mass is 255 g/mol. The summed E-state index contributed by atoms with van der Waals surface area (Å²) in [5.74, 6) is 1.25. The van der Waals surface area contributed by atoms with E-state index in [1.807, 2.05) is 24.3 Å². The fourth-order valence-corrected chi connectivity index (χ4v) is 2.70. The SMILES string of the molecule is COc1ccc(S(=O)CC(N)C(C)(C)C)cc1. The first-order valence-corrected chi connectivity index (χ1v) is 6.94. The maximum Gasteiger partial charge on any atom is 0.118 e. The number of rotatable bonds is 4. The van der Waals surface area contributed by atoms with Gasteiger partial charge in [-0.3, -0.25) is 4.21 Å². The molecule has 0 amide bonds. The summed E-state index contributed by atoms with van der Waals surface area (Å²) in [6.07, 6.45) is 0. The molecule has 0 bridgehead atoms. The first-order chi connectivity index (χ1) is 7.84. The van der Waals surface area contributed by atoms with Gasteiger partial charge in [-0.15, -0.1) is 0 Å². The largest absolute Gasteiger partial charge is 0.497 e. The van der Waals surface area contributed by atoms with Gasteiger partial charge in [-0.05, 0) is 29.7 Å². The highest BCUT2D eigenvalue weighted by Crippen LogP contribution is 2.20. The fourth-order valence-electron chi connectivity index (χ4n) is 1.24. The summed E-state index contributed by atoms with van der Waals surface area (Å²) in [6.45, 7) is 6.18. The van der Waals surface area contributed by atoms with Crippen LogP contribution in [0.5, 0.6) is 5.75 Å². The molecule has 4 heteroatoms. The van der Waals surface area contributed by atoms with Gasteiger partial charge in [0.25, 0.3) is 0 Å². The lowest BCUT2D eigenvalue weighted by molar-refractivity contribution is 0.342. The summed E-state index contributed by atoms with van der Waals surface area (Å²) >= 11 is 0. The summed E-state index contributed by atoms with van der Waals surface area (Å²) in [6, 6.07) is 7.20. The average Bonchev–Trinajstić information content (AvgIpc) is 2.27. The van der Waals surface area contributed by atoms with Gasteiger partial charge in [0, 0.05) is 16.7 Å². The Morgan fingerprint density at radius 2 is 1.82 bits per heavy atom. The van der Waals surface area contributed by atoms with E-state index >= 15 is 0 Å². The van der Waals surface area contributed by atoms with Crippen LogP contribution in [0.25, 0.3) is 0 Å². The van der Waals surface area contributed by atoms with Gasteiger partial charge in [0.05, 0.1) is 17.9 Å². The van der Waals surface area contributed by atoms with Crippen molar-refractivity contribution in [3.8, 4) is 5.75 Å². The molecule has 2 N–H and O–H groups in total. The second-order valence-electron chi connectivity index (χ2n) is 5.16. The molecule has 1 rings (SSSR count). The Bertz CT molecular complexity index is 381. The van der Waals surface area contributed by atoms with Crippen LogP contribution in [-0.4, -0.2) is 23.1 Å². The van der Waals surface area contributed by atoms with E-state index in [4.69, 9.17) is 10.5 Å². The van der Waals surface area contributed by atoms with Crippen molar-refractivity contribution in [2.24, 2.45) is 11.1 Å². The first kappa shape index (κ1) is 14.2. The van der Waals surface area contributed by atoms with Crippen LogP contribution >= 0.6 is 0 Å². The summed E-state index contributed by atoms with van der Waals surface area (Å²) < 4.78 is 17.2. The van der Waals surface area contributed by atoms with Crippen molar-refractivity contribution in [2.75, 3.05) is 12.9 Å². The molecule has 1 aromatic rings. The van der Waals surface area contributed by atoms with Crippen molar-refractivity contribution in [1.82, 2.24) is 0 Å². The van der Waals surface area contributed by atoms with Crippen LogP contribution in [0.15, 0.2) is 29.2 Å². The lowest BCUT2D eigenvalue weighted by Crippen LogP contribution is -2.39. The van der Waals surface area contributed by atoms with E-state index < -0.39 is 10.8 Å². The van der Waals surface area contributed by atoms with Crippen LogP contribution in [0.4, 0.5) is 0 Å². The first-order valence-electron chi connectivity index (χ1n) is 5.62. The van der Waals surface area contributed by atoms with E-state index in [0.717, 1.165) is 10.6 Å². The van der Waals surface area contributed by atoms with Gasteiger partial charge >= 0.3 is 0 Å². The minimum Gasteiger partial charge on any atom is -0.497 e. The predicted molar refractivity (Wildman–Crippen MR) is 71.7 cm³/mol. The molecule has 2 atom stereocenters. The maximum atomic E-state index is 12.1. The highest BCUT2D eigenvalue weighted by molar-refractivity contribution is 7.85. The Morgan fingerprint density at radius 1 is 1.29 bits per heavy atom. The number of nitrogens with two attached hydrogens (primary N) is 1. The Balaban J connectivity index is 2.70. The lowest BCUT2D eigenvalue weighted by Gasteiger charge is -2.26. The van der Waals surface area contributed by atoms with Crippen molar-refractivity contribution in [3.63, 3.8) is 0 Å². The highest BCUT2D eigenvalue weighted by atomic mass is 32.2. The van der Waals surface area contributed by atoms with Crippen molar-refractivity contribution in [2.45, 2.75) is 31.7 Å². The summed E-state index contributed by atoms with van der Waals surface area (Å²) in [4.78, 5) is 0.797. The Hall–Kier alpha value is -0.870. The maximum absolute atomic E-state index is 12.1. The number of methoxy groups -OCH3 is 1. The standard InChI is InChI=1S/C13H21NO2S/c1-13(2,3)12(14)9-17(15)11-7-5-10(16-4)6-8-11/h5-8,12H,9,14H2,1-4H3. The molecule has 0 spiro atoms. The Kier molecular flexibility index (Phi) is 4.71. The lowest BCUT2D eigenvalue weighted by atomic mass is 9.89. The van der Waals surface area contributed by atoms with Gasteiger partial charge in [0.15, 0.2) is 0 Å². The van der Waals surface area contributed by atoms with Crippen molar-refractivity contribution >= 4 is 10.8 Å². The zero-order valence-corrected chi connectivity index (χ0v) is 11.7. The summed E-state index contributed by atoms with van der Waals surface area (Å²) in [5.41, 5.74) is 6.00. The van der Waals surface area contributed by atoms with Gasteiger partial charge in [-0.2, -0.15) is 0 Å². The van der Waals surface area contributed by atoms with E-state index in [1.165, 1.54) is 0 Å². The van der Waals surface area contributed by atoms with E-state index in [0.29, 0.717) is 5.75 Å². The Labute approximate surface area is 106 Å². The third-order valence-electron chi connectivity index (χ3n) is 2.77. The topological polar surface area (TPSA) is 52.3 Å². The van der Waals surface area contributed by atoms with Gasteiger partial charge in [-0.25, -0.2) is 0 Å². The van der Waals surface area contributed by atoms with Crippen LogP contribution in [-0.2, 0) is 10.8 Å². The second-order valence-corrected chi connectivity index (χ2v) is 6.66. The smallest absolute Gasteiger partial charge is 0.118 e. The minimum absolute atomic E-state index is 0.0257. The van der Waals surface area contributed by atoms with Crippen LogP contribution in [0, 0.1) is 5.41 Å². The molecule has 0 radical (unpaired) electrons. The molecule has 3 nitrogen and oxygen atoms in total. The predicted octanol–water partition coefficient (Wildman–Crippen LogP) is 2.18. The molecule has 17 heavy (non-hydrogen) atoms. The molecule has 1 aromatic carbocycles. The third-order valence-corrected chi connectivity index (χ3v) is 4.23. The molecule has 0 aliphatic carbocycles. The highest BCUT2D eigenvalue weighted by Gasteiger charge is 2.23. The van der Waals surface area contributed by atoms with Gasteiger partial charge < -0.3 is 10.5 Å². The van der Waals surface area contributed by atoms with Gasteiger partial charge in [0.1, 0.15) is 5.75 Å². The van der Waals surface area contributed by atoms with Crippen molar-refractivity contribution < 1.29 is 8.95 Å². The van der Waals surface area contributed by atoms with Crippen LogP contribution < -0.4 is 10.5 Å². The number of ether oxygens (including phenoxy) is 1. The van der Waals surface area contributed by atoms with Crippen LogP contribution in [0.1, 0.15) is 20.8 Å². The molecule has 0 saturated heterocycles. The van der Waals surface area contributed by atoms with E-state index in [2.05, 4.69) is 20.8 Å². The van der Waals surface area contributed by atoms with E-state index in [9.17, 15) is 4.21 Å². The zero-order valence-electron chi connectivity index (χ0n) is 10.9. The average molecular weight is 255 g/mol. The molecule has 0 aliphatic heterocycles. The fraction of sp³-hybridized carbons (Fsp3) is 0.538. The van der Waals surface area contributed by atoms with E-state index in [-0.39, 0.29) is 11.5 Å². The molecular weight excluding hydrogens is 234 g/mol. The molecule has 0 aromatic heterocycles. The number of hydrogen-bond acceptors (Lipinski definition) is 3. The van der Waals surface area contributed by atoms with Crippen LogP contribution in [0.2, 0.25) is 0 Å². The molecule has 96 valence electrons. The molecule has 0 saturated carbocycles. The van der Waals surface area contributed by atoms with Gasteiger partial charge in [-0.1, -0.05) is 20.8 Å². The second kappa shape index (κ2) is 5.65. The zero-order chi connectivity index (χ0) is 13.1. The van der Waals surface area contributed by atoms with Crippen molar-refractivity contribution in [1.29, 1.82) is 0 Å². The molecule has 2 unspecified atom stereocenters. The molecule has 0 heterocycles. The summed E-state index contributed by atoms with van der Waals surface area (Å²) in [7, 11) is 0.562. The molecule has 0 aliphatic rings. The van der Waals surface area contributed by atoms with Gasteiger partial charge in [0.2, 0.25) is 0 Å². The number of benzene rings is 1. The quantitative estimate of drug-likeness (QED) is 0.897.